The van der Waals surface area contributed by atoms with Crippen LogP contribution in [0.15, 0.2) is 24.3 Å². The van der Waals surface area contributed by atoms with Gasteiger partial charge in [-0.15, -0.1) is 10.2 Å². The maximum absolute atomic E-state index is 12.7. The summed E-state index contributed by atoms with van der Waals surface area (Å²) in [6.45, 7) is 3.65. The van der Waals surface area contributed by atoms with Gasteiger partial charge in [-0.05, 0) is 25.1 Å². The minimum absolute atomic E-state index is 0.0439. The van der Waals surface area contributed by atoms with E-state index in [1.54, 1.807) is 36.3 Å². The Bertz CT molecular complexity index is 701. The fourth-order valence-electron chi connectivity index (χ4n) is 2.74. The van der Waals surface area contributed by atoms with Gasteiger partial charge in [-0.1, -0.05) is 17.7 Å². The average Bonchev–Trinajstić information content (AvgIpc) is 2.92. The van der Waals surface area contributed by atoms with Crippen LogP contribution in [0, 0.1) is 0 Å². The van der Waals surface area contributed by atoms with Crippen molar-refractivity contribution in [2.24, 2.45) is 0 Å². The molecule has 1 aliphatic rings. The summed E-state index contributed by atoms with van der Waals surface area (Å²) in [5, 5.41) is 8.92. The molecule has 116 valence electrons. The smallest absolute Gasteiger partial charge is 0.254 e. The number of fused-ring (bicyclic) bond motifs is 1. The average molecular weight is 321 g/mol. The number of halogens is 1. The lowest BCUT2D eigenvalue weighted by Crippen LogP contribution is -2.41. The van der Waals surface area contributed by atoms with E-state index >= 15 is 0 Å². The highest BCUT2D eigenvalue weighted by molar-refractivity contribution is 6.30. The topological polar surface area (TPSA) is 60.3 Å². The summed E-state index contributed by atoms with van der Waals surface area (Å²) in [5.41, 5.74) is 0.587. The number of ether oxygens (including phenoxy) is 1. The monoisotopic (exact) mass is 320 g/mol. The molecule has 0 saturated heterocycles. The van der Waals surface area contributed by atoms with Gasteiger partial charge in [0.25, 0.3) is 5.91 Å². The number of hydrogen-bond donors (Lipinski definition) is 0. The number of rotatable bonds is 3. The van der Waals surface area contributed by atoms with E-state index in [0.717, 1.165) is 11.6 Å². The molecular weight excluding hydrogens is 304 g/mol. The summed E-state index contributed by atoms with van der Waals surface area (Å²) in [7, 11) is 1.63. The molecule has 3 rings (SSSR count). The van der Waals surface area contributed by atoms with Crippen molar-refractivity contribution in [2.45, 2.75) is 26.1 Å². The molecule has 0 saturated carbocycles. The minimum Gasteiger partial charge on any atom is -0.377 e. The fourth-order valence-corrected chi connectivity index (χ4v) is 2.93. The molecule has 0 spiro atoms. The van der Waals surface area contributed by atoms with Crippen LogP contribution in [0.2, 0.25) is 5.02 Å². The van der Waals surface area contributed by atoms with Crippen molar-refractivity contribution in [2.75, 3.05) is 13.7 Å². The van der Waals surface area contributed by atoms with Gasteiger partial charge in [0.05, 0.1) is 6.04 Å². The molecule has 0 N–H and O–H groups in total. The molecule has 0 radical (unpaired) electrons. The molecule has 0 fully saturated rings. The standard InChI is InChI=1S/C15H17ClN4O2/c1-10-14-18-17-13(9-22-2)20(14)7-6-19(10)15(21)11-4-3-5-12(16)8-11/h3-5,8,10H,6-7,9H2,1-2H3/t10-/m1/s1. The number of benzene rings is 1. The molecule has 1 amide bonds. The number of carbonyl (C=O) groups excluding carboxylic acids is 1. The van der Waals surface area contributed by atoms with E-state index in [0.29, 0.717) is 30.3 Å². The first-order valence-electron chi connectivity index (χ1n) is 7.09. The Labute approximate surface area is 133 Å². The summed E-state index contributed by atoms with van der Waals surface area (Å²) in [6.07, 6.45) is 0. The van der Waals surface area contributed by atoms with E-state index < -0.39 is 0 Å². The van der Waals surface area contributed by atoms with E-state index in [-0.39, 0.29) is 11.9 Å². The van der Waals surface area contributed by atoms with E-state index in [4.69, 9.17) is 16.3 Å². The highest BCUT2D eigenvalue weighted by Crippen LogP contribution is 2.26. The Hall–Kier alpha value is -1.92. The van der Waals surface area contributed by atoms with E-state index in [1.807, 2.05) is 11.5 Å². The summed E-state index contributed by atoms with van der Waals surface area (Å²) >= 11 is 5.97. The summed E-state index contributed by atoms with van der Waals surface area (Å²) < 4.78 is 7.15. The van der Waals surface area contributed by atoms with Gasteiger partial charge in [0, 0.05) is 30.8 Å². The molecule has 0 aliphatic carbocycles. The second-order valence-electron chi connectivity index (χ2n) is 5.24. The quantitative estimate of drug-likeness (QED) is 0.870. The van der Waals surface area contributed by atoms with Crippen molar-refractivity contribution in [3.05, 3.63) is 46.5 Å². The van der Waals surface area contributed by atoms with E-state index in [9.17, 15) is 4.79 Å². The number of carbonyl (C=O) groups is 1. The highest BCUT2D eigenvalue weighted by atomic mass is 35.5. The van der Waals surface area contributed by atoms with Gasteiger partial charge in [-0.25, -0.2) is 0 Å². The van der Waals surface area contributed by atoms with Crippen molar-refractivity contribution in [3.8, 4) is 0 Å². The lowest BCUT2D eigenvalue weighted by Gasteiger charge is -2.33. The molecule has 0 bridgehead atoms. The second-order valence-corrected chi connectivity index (χ2v) is 5.68. The van der Waals surface area contributed by atoms with Crippen molar-refractivity contribution in [1.29, 1.82) is 0 Å². The molecule has 1 aromatic carbocycles. The van der Waals surface area contributed by atoms with Gasteiger partial charge in [0.15, 0.2) is 11.6 Å². The Morgan fingerprint density at radius 3 is 2.95 bits per heavy atom. The molecule has 22 heavy (non-hydrogen) atoms. The number of aromatic nitrogens is 3. The molecule has 6 nitrogen and oxygen atoms in total. The molecular formula is C15H17ClN4O2. The van der Waals surface area contributed by atoms with E-state index in [1.165, 1.54) is 0 Å². The zero-order chi connectivity index (χ0) is 15.7. The van der Waals surface area contributed by atoms with Crippen LogP contribution in [-0.2, 0) is 17.9 Å². The summed E-state index contributed by atoms with van der Waals surface area (Å²) in [6, 6.07) is 6.86. The van der Waals surface area contributed by atoms with Crippen LogP contribution in [0.25, 0.3) is 0 Å². The lowest BCUT2D eigenvalue weighted by atomic mass is 10.1. The molecule has 1 atom stereocenters. The summed E-state index contributed by atoms with van der Waals surface area (Å²) in [5.74, 6) is 1.53. The number of amides is 1. The minimum atomic E-state index is -0.140. The Morgan fingerprint density at radius 2 is 2.23 bits per heavy atom. The predicted octanol–water partition coefficient (Wildman–Crippen LogP) is 2.29. The van der Waals surface area contributed by atoms with Crippen LogP contribution >= 0.6 is 11.6 Å². The maximum Gasteiger partial charge on any atom is 0.254 e. The predicted molar refractivity (Wildman–Crippen MR) is 81.6 cm³/mol. The van der Waals surface area contributed by atoms with Gasteiger partial charge < -0.3 is 14.2 Å². The third kappa shape index (κ3) is 2.60. The van der Waals surface area contributed by atoms with Crippen LogP contribution in [0.4, 0.5) is 0 Å². The second kappa shape index (κ2) is 6.06. The molecule has 2 aromatic rings. The first-order valence-corrected chi connectivity index (χ1v) is 7.47. The Kier molecular flexibility index (Phi) is 4.13. The van der Waals surface area contributed by atoms with Crippen LogP contribution < -0.4 is 0 Å². The first-order chi connectivity index (χ1) is 10.6. The van der Waals surface area contributed by atoms with Gasteiger partial charge in [-0.3, -0.25) is 4.79 Å². The molecule has 0 unspecified atom stereocenters. The molecule has 1 aromatic heterocycles. The third-order valence-electron chi connectivity index (χ3n) is 3.87. The van der Waals surface area contributed by atoms with Gasteiger partial charge in [-0.2, -0.15) is 0 Å². The highest BCUT2D eigenvalue weighted by Gasteiger charge is 2.31. The van der Waals surface area contributed by atoms with Crippen molar-refractivity contribution in [3.63, 3.8) is 0 Å². The normalized spacial score (nSPS) is 17.4. The fraction of sp³-hybridized carbons (Fsp3) is 0.400. The third-order valence-corrected chi connectivity index (χ3v) is 4.10. The van der Waals surface area contributed by atoms with Gasteiger partial charge in [0.1, 0.15) is 6.61 Å². The number of nitrogens with zero attached hydrogens (tertiary/aromatic N) is 4. The summed E-state index contributed by atoms with van der Waals surface area (Å²) in [4.78, 5) is 14.5. The first kappa shape index (κ1) is 15.0. The van der Waals surface area contributed by atoms with Crippen LogP contribution in [-0.4, -0.2) is 39.2 Å². The van der Waals surface area contributed by atoms with Crippen molar-refractivity contribution >= 4 is 17.5 Å². The van der Waals surface area contributed by atoms with Crippen molar-refractivity contribution in [1.82, 2.24) is 19.7 Å². The number of methoxy groups -OCH3 is 1. The number of hydrogen-bond acceptors (Lipinski definition) is 4. The molecule has 2 heterocycles. The molecule has 7 heteroatoms. The zero-order valence-electron chi connectivity index (χ0n) is 12.5. The lowest BCUT2D eigenvalue weighted by molar-refractivity contribution is 0.0632. The Morgan fingerprint density at radius 1 is 1.41 bits per heavy atom. The van der Waals surface area contributed by atoms with Crippen LogP contribution in [0.5, 0.6) is 0 Å². The SMILES string of the molecule is COCc1nnc2n1CCN(C(=O)c1cccc(Cl)c1)[C@@H]2C. The molecule has 1 aliphatic heterocycles. The van der Waals surface area contributed by atoms with Crippen LogP contribution in [0.3, 0.4) is 0 Å². The van der Waals surface area contributed by atoms with Gasteiger partial charge >= 0.3 is 0 Å². The van der Waals surface area contributed by atoms with Gasteiger partial charge in [0.2, 0.25) is 0 Å². The largest absolute Gasteiger partial charge is 0.377 e. The Balaban J connectivity index is 1.86. The van der Waals surface area contributed by atoms with Crippen molar-refractivity contribution < 1.29 is 9.53 Å². The van der Waals surface area contributed by atoms with E-state index in [2.05, 4.69) is 10.2 Å². The zero-order valence-corrected chi connectivity index (χ0v) is 13.2. The van der Waals surface area contributed by atoms with Crippen LogP contribution in [0.1, 0.15) is 35.0 Å². The maximum atomic E-state index is 12.7.